The lowest BCUT2D eigenvalue weighted by Gasteiger charge is -2.26. The first-order valence-corrected chi connectivity index (χ1v) is 5.56. The van der Waals surface area contributed by atoms with Crippen LogP contribution in [0.4, 0.5) is 4.39 Å². The number of aliphatic hydroxyl groups is 1. The Hall–Kier alpha value is -1.13. The van der Waals surface area contributed by atoms with Gasteiger partial charge in [-0.3, -0.25) is 4.79 Å². The van der Waals surface area contributed by atoms with E-state index < -0.39 is 11.9 Å². The first kappa shape index (κ1) is 13.9. The summed E-state index contributed by atoms with van der Waals surface area (Å²) in [5, 5.41) is 9.65. The molecular weight excluding hydrogens is 245 g/mol. The van der Waals surface area contributed by atoms with Gasteiger partial charge in [-0.05, 0) is 30.2 Å². The number of halogens is 2. The van der Waals surface area contributed by atoms with Gasteiger partial charge < -0.3 is 10.0 Å². The first-order valence-electron chi connectivity index (χ1n) is 5.18. The fourth-order valence-corrected chi connectivity index (χ4v) is 1.91. The lowest BCUT2D eigenvalue weighted by molar-refractivity contribution is -0.130. The van der Waals surface area contributed by atoms with Gasteiger partial charge in [-0.25, -0.2) is 4.39 Å². The molecule has 94 valence electrons. The highest BCUT2D eigenvalue weighted by Crippen LogP contribution is 2.29. The number of nitrogens with zero attached hydrogens (tertiary/aromatic N) is 1. The summed E-state index contributed by atoms with van der Waals surface area (Å²) >= 11 is 6.01. The minimum atomic E-state index is -0.630. The zero-order valence-electron chi connectivity index (χ0n) is 10.00. The summed E-state index contributed by atoms with van der Waals surface area (Å²) in [6.45, 7) is 2.67. The molecule has 1 N–H and O–H groups in total. The van der Waals surface area contributed by atoms with E-state index in [1.54, 1.807) is 6.92 Å². The molecule has 0 heterocycles. The number of aryl methyl sites for hydroxylation is 1. The van der Waals surface area contributed by atoms with Crippen LogP contribution >= 0.6 is 11.6 Å². The number of carbonyl (C=O) groups excluding carboxylic acids is 1. The highest BCUT2D eigenvalue weighted by molar-refractivity contribution is 6.31. The molecule has 1 atom stereocenters. The third-order valence-corrected chi connectivity index (χ3v) is 3.10. The summed E-state index contributed by atoms with van der Waals surface area (Å²) in [5.41, 5.74) is 0.843. The van der Waals surface area contributed by atoms with Gasteiger partial charge in [-0.15, -0.1) is 0 Å². The van der Waals surface area contributed by atoms with Crippen molar-refractivity contribution in [3.8, 4) is 0 Å². The van der Waals surface area contributed by atoms with Crippen molar-refractivity contribution in [3.63, 3.8) is 0 Å². The van der Waals surface area contributed by atoms with Gasteiger partial charge in [-0.2, -0.15) is 0 Å². The third kappa shape index (κ3) is 2.96. The SMILES string of the molecule is CC(=O)N(C)C(CO)c1cc(F)c(C)cc1Cl. The number of hydrogen-bond donors (Lipinski definition) is 1. The zero-order valence-corrected chi connectivity index (χ0v) is 10.8. The summed E-state index contributed by atoms with van der Waals surface area (Å²) in [6, 6.07) is 2.12. The van der Waals surface area contributed by atoms with E-state index in [0.29, 0.717) is 16.1 Å². The summed E-state index contributed by atoms with van der Waals surface area (Å²) < 4.78 is 13.5. The van der Waals surface area contributed by atoms with E-state index in [-0.39, 0.29) is 12.5 Å². The number of likely N-dealkylation sites (N-methyl/N-ethyl adjacent to an activating group) is 1. The Morgan fingerprint density at radius 2 is 2.18 bits per heavy atom. The number of amides is 1. The molecule has 0 aliphatic carbocycles. The fraction of sp³-hybridized carbons (Fsp3) is 0.417. The van der Waals surface area contributed by atoms with Crippen LogP contribution < -0.4 is 0 Å². The van der Waals surface area contributed by atoms with Crippen molar-refractivity contribution < 1.29 is 14.3 Å². The number of aliphatic hydroxyl groups excluding tert-OH is 1. The molecule has 0 saturated carbocycles. The Morgan fingerprint density at radius 1 is 1.59 bits per heavy atom. The van der Waals surface area contributed by atoms with Crippen LogP contribution in [0.3, 0.4) is 0 Å². The topological polar surface area (TPSA) is 40.5 Å². The Labute approximate surface area is 105 Å². The van der Waals surface area contributed by atoms with Gasteiger partial charge in [0, 0.05) is 19.0 Å². The molecule has 0 bridgehead atoms. The number of rotatable bonds is 3. The van der Waals surface area contributed by atoms with Crippen LogP contribution in [-0.4, -0.2) is 29.6 Å². The molecule has 0 aliphatic rings. The van der Waals surface area contributed by atoms with Gasteiger partial charge in [0.1, 0.15) is 5.82 Å². The maximum absolute atomic E-state index is 13.5. The fourth-order valence-electron chi connectivity index (χ4n) is 1.57. The Morgan fingerprint density at radius 3 is 2.65 bits per heavy atom. The molecule has 0 fully saturated rings. The number of hydrogen-bond acceptors (Lipinski definition) is 2. The summed E-state index contributed by atoms with van der Waals surface area (Å²) in [6.07, 6.45) is 0. The van der Waals surface area contributed by atoms with E-state index in [1.165, 1.54) is 31.0 Å². The first-order chi connectivity index (χ1) is 7.88. The van der Waals surface area contributed by atoms with E-state index in [0.717, 1.165) is 0 Å². The molecule has 1 unspecified atom stereocenters. The van der Waals surface area contributed by atoms with Crippen molar-refractivity contribution in [2.45, 2.75) is 19.9 Å². The van der Waals surface area contributed by atoms with E-state index in [2.05, 4.69) is 0 Å². The molecular formula is C12H15ClFNO2. The maximum atomic E-state index is 13.5. The third-order valence-electron chi connectivity index (χ3n) is 2.77. The standard InChI is InChI=1S/C12H15ClFNO2/c1-7-4-10(13)9(5-11(7)14)12(6-16)15(3)8(2)17/h4-5,12,16H,6H2,1-3H3. The summed E-state index contributed by atoms with van der Waals surface area (Å²) in [7, 11) is 1.54. The van der Waals surface area contributed by atoms with Crippen LogP contribution in [0, 0.1) is 12.7 Å². The van der Waals surface area contributed by atoms with Crippen molar-refractivity contribution in [2.75, 3.05) is 13.7 Å². The van der Waals surface area contributed by atoms with Crippen molar-refractivity contribution in [3.05, 3.63) is 34.1 Å². The van der Waals surface area contributed by atoms with Crippen molar-refractivity contribution in [2.24, 2.45) is 0 Å². The van der Waals surface area contributed by atoms with Gasteiger partial charge in [0.2, 0.25) is 5.91 Å². The molecule has 0 spiro atoms. The number of benzene rings is 1. The Bertz CT molecular complexity index is 437. The van der Waals surface area contributed by atoms with Crippen LogP contribution in [0.5, 0.6) is 0 Å². The average molecular weight is 260 g/mol. The van der Waals surface area contributed by atoms with Gasteiger partial charge in [0.05, 0.1) is 12.6 Å². The molecule has 3 nitrogen and oxygen atoms in total. The second-order valence-corrected chi connectivity index (χ2v) is 4.36. The van der Waals surface area contributed by atoms with Crippen LogP contribution in [0.15, 0.2) is 12.1 Å². The van der Waals surface area contributed by atoms with Crippen LogP contribution in [-0.2, 0) is 4.79 Å². The summed E-state index contributed by atoms with van der Waals surface area (Å²) in [5.74, 6) is -0.624. The van der Waals surface area contributed by atoms with E-state index in [9.17, 15) is 14.3 Å². The molecule has 0 radical (unpaired) electrons. The monoisotopic (exact) mass is 259 g/mol. The van der Waals surface area contributed by atoms with Gasteiger partial charge >= 0.3 is 0 Å². The van der Waals surface area contributed by atoms with Crippen LogP contribution in [0.2, 0.25) is 5.02 Å². The molecule has 17 heavy (non-hydrogen) atoms. The minimum Gasteiger partial charge on any atom is -0.394 e. The largest absolute Gasteiger partial charge is 0.394 e. The molecule has 1 aromatic rings. The second-order valence-electron chi connectivity index (χ2n) is 3.95. The highest BCUT2D eigenvalue weighted by Gasteiger charge is 2.22. The zero-order chi connectivity index (χ0) is 13.2. The van der Waals surface area contributed by atoms with Crippen molar-refractivity contribution in [1.82, 2.24) is 4.90 Å². The van der Waals surface area contributed by atoms with Crippen LogP contribution in [0.25, 0.3) is 0 Å². The lowest BCUT2D eigenvalue weighted by atomic mass is 10.0. The molecule has 1 rings (SSSR count). The van der Waals surface area contributed by atoms with E-state index in [4.69, 9.17) is 11.6 Å². The number of carbonyl (C=O) groups is 1. The van der Waals surface area contributed by atoms with Gasteiger partial charge in [0.25, 0.3) is 0 Å². The Kier molecular flexibility index (Phi) is 4.48. The second kappa shape index (κ2) is 5.47. The van der Waals surface area contributed by atoms with Gasteiger partial charge in [0.15, 0.2) is 0 Å². The van der Waals surface area contributed by atoms with Crippen LogP contribution in [0.1, 0.15) is 24.1 Å². The molecule has 5 heteroatoms. The van der Waals surface area contributed by atoms with E-state index in [1.807, 2.05) is 0 Å². The maximum Gasteiger partial charge on any atom is 0.219 e. The molecule has 1 amide bonds. The summed E-state index contributed by atoms with van der Waals surface area (Å²) in [4.78, 5) is 12.6. The van der Waals surface area contributed by atoms with Gasteiger partial charge in [-0.1, -0.05) is 11.6 Å². The smallest absolute Gasteiger partial charge is 0.219 e. The lowest BCUT2D eigenvalue weighted by Crippen LogP contribution is -2.31. The average Bonchev–Trinajstić information content (AvgIpc) is 2.25. The Balaban J connectivity index is 3.21. The quantitative estimate of drug-likeness (QED) is 0.905. The predicted octanol–water partition coefficient (Wildman–Crippen LogP) is 2.30. The molecule has 0 saturated heterocycles. The molecule has 0 aromatic heterocycles. The van der Waals surface area contributed by atoms with Crippen molar-refractivity contribution in [1.29, 1.82) is 0 Å². The van der Waals surface area contributed by atoms with E-state index >= 15 is 0 Å². The normalized spacial score (nSPS) is 12.4. The minimum absolute atomic E-state index is 0.221. The molecule has 0 aliphatic heterocycles. The highest BCUT2D eigenvalue weighted by atomic mass is 35.5. The predicted molar refractivity (Wildman–Crippen MR) is 64.4 cm³/mol. The van der Waals surface area contributed by atoms with Crippen molar-refractivity contribution >= 4 is 17.5 Å². The molecule has 1 aromatic carbocycles.